The van der Waals surface area contributed by atoms with Crippen LogP contribution < -0.4 is 10.5 Å². The number of pyridine rings is 1. The van der Waals surface area contributed by atoms with Gasteiger partial charge in [-0.3, -0.25) is 0 Å². The number of carbonyl (C=O) groups is 1. The second-order valence-corrected chi connectivity index (χ2v) is 3.77. The van der Waals surface area contributed by atoms with E-state index < -0.39 is 11.8 Å². The van der Waals surface area contributed by atoms with Crippen molar-refractivity contribution in [3.05, 3.63) is 41.8 Å². The van der Waals surface area contributed by atoms with Crippen LogP contribution in [0.5, 0.6) is 5.75 Å². The number of hydrogen-bond donors (Lipinski definition) is 2. The summed E-state index contributed by atoms with van der Waals surface area (Å²) in [5.74, 6) is -1.81. The van der Waals surface area contributed by atoms with Crippen molar-refractivity contribution in [3.63, 3.8) is 0 Å². The summed E-state index contributed by atoms with van der Waals surface area (Å²) in [6, 6.07) is 5.65. The second-order valence-electron chi connectivity index (χ2n) is 3.77. The summed E-state index contributed by atoms with van der Waals surface area (Å²) in [7, 11) is 1.35. The Morgan fingerprint density at radius 1 is 1.42 bits per heavy atom. The lowest BCUT2D eigenvalue weighted by Crippen LogP contribution is -2.06. The molecule has 5 nitrogen and oxygen atoms in total. The first kappa shape index (κ1) is 12.8. The smallest absolute Gasteiger partial charge is 0.340 e. The fourth-order valence-corrected chi connectivity index (χ4v) is 1.78. The predicted octanol–water partition coefficient (Wildman–Crippen LogP) is 2.18. The lowest BCUT2D eigenvalue weighted by atomic mass is 10.0. The molecule has 98 valence electrons. The summed E-state index contributed by atoms with van der Waals surface area (Å²) in [6.45, 7) is 0. The van der Waals surface area contributed by atoms with E-state index in [2.05, 4.69) is 4.98 Å². The summed E-state index contributed by atoms with van der Waals surface area (Å²) in [6.07, 6.45) is 1.37. The first-order valence-electron chi connectivity index (χ1n) is 5.36. The third-order valence-electron chi connectivity index (χ3n) is 2.66. The third kappa shape index (κ3) is 2.33. The molecule has 1 aromatic carbocycles. The molecule has 0 unspecified atom stereocenters. The summed E-state index contributed by atoms with van der Waals surface area (Å²) in [5.41, 5.74) is 6.10. The fourth-order valence-electron chi connectivity index (χ4n) is 1.78. The number of nitrogens with zero attached hydrogens (tertiary/aromatic N) is 1. The number of rotatable bonds is 3. The van der Waals surface area contributed by atoms with Gasteiger partial charge in [-0.05, 0) is 23.8 Å². The summed E-state index contributed by atoms with van der Waals surface area (Å²) < 4.78 is 18.5. The number of nitrogen functional groups attached to an aromatic ring is 1. The molecule has 0 fully saturated rings. The van der Waals surface area contributed by atoms with E-state index >= 15 is 0 Å². The Bertz CT molecular complexity index is 644. The minimum atomic E-state index is -1.21. The second kappa shape index (κ2) is 4.93. The first-order chi connectivity index (χ1) is 9.04. The van der Waals surface area contributed by atoms with Crippen molar-refractivity contribution in [2.24, 2.45) is 0 Å². The lowest BCUT2D eigenvalue weighted by Gasteiger charge is -2.09. The molecule has 0 spiro atoms. The molecule has 0 aliphatic carbocycles. The zero-order valence-corrected chi connectivity index (χ0v) is 10.1. The largest absolute Gasteiger partial charge is 0.494 e. The number of aromatic nitrogens is 1. The van der Waals surface area contributed by atoms with Crippen molar-refractivity contribution in [3.8, 4) is 16.9 Å². The maximum Gasteiger partial charge on any atom is 0.340 e. The SMILES string of the molecule is COc1ccc(-c2ccnc(N)c2C(=O)O)cc1F. The molecule has 0 aliphatic heterocycles. The molecule has 0 radical (unpaired) electrons. The number of carboxylic acid groups (broad SMARTS) is 1. The summed E-state index contributed by atoms with van der Waals surface area (Å²) in [5, 5.41) is 9.14. The van der Waals surface area contributed by atoms with Crippen LogP contribution in [0.15, 0.2) is 30.5 Å². The zero-order valence-electron chi connectivity index (χ0n) is 10.1. The molecule has 3 N–H and O–H groups in total. The molecule has 0 saturated heterocycles. The van der Waals surface area contributed by atoms with Crippen LogP contribution in [0, 0.1) is 5.82 Å². The van der Waals surface area contributed by atoms with E-state index in [1.807, 2.05) is 0 Å². The highest BCUT2D eigenvalue weighted by molar-refractivity contribution is 6.00. The maximum atomic E-state index is 13.7. The van der Waals surface area contributed by atoms with Gasteiger partial charge >= 0.3 is 5.97 Å². The Balaban J connectivity index is 2.62. The van der Waals surface area contributed by atoms with Gasteiger partial charge < -0.3 is 15.6 Å². The molecule has 2 rings (SSSR count). The van der Waals surface area contributed by atoms with E-state index in [0.717, 1.165) is 0 Å². The molecule has 1 aromatic heterocycles. The van der Waals surface area contributed by atoms with Gasteiger partial charge in [-0.2, -0.15) is 0 Å². The van der Waals surface area contributed by atoms with Crippen LogP contribution in [0.3, 0.4) is 0 Å². The quantitative estimate of drug-likeness (QED) is 0.885. The van der Waals surface area contributed by atoms with E-state index in [1.54, 1.807) is 6.07 Å². The van der Waals surface area contributed by atoms with Gasteiger partial charge in [-0.15, -0.1) is 0 Å². The Hall–Kier alpha value is -2.63. The van der Waals surface area contributed by atoms with Crippen molar-refractivity contribution in [1.82, 2.24) is 4.98 Å². The van der Waals surface area contributed by atoms with E-state index in [1.165, 1.54) is 31.5 Å². The van der Waals surface area contributed by atoms with Crippen LogP contribution in [0.4, 0.5) is 10.2 Å². The van der Waals surface area contributed by atoms with Crippen LogP contribution in [0.1, 0.15) is 10.4 Å². The Kier molecular flexibility index (Phi) is 3.33. The van der Waals surface area contributed by atoms with Gasteiger partial charge in [0.2, 0.25) is 0 Å². The average Bonchev–Trinajstić information content (AvgIpc) is 2.37. The summed E-state index contributed by atoms with van der Waals surface area (Å²) in [4.78, 5) is 14.9. The highest BCUT2D eigenvalue weighted by Crippen LogP contribution is 2.29. The van der Waals surface area contributed by atoms with E-state index in [0.29, 0.717) is 11.1 Å². The zero-order chi connectivity index (χ0) is 14.0. The minimum absolute atomic E-state index is 0.0858. The molecular formula is C13H11FN2O3. The number of hydrogen-bond acceptors (Lipinski definition) is 4. The van der Waals surface area contributed by atoms with Gasteiger partial charge in [0.1, 0.15) is 11.4 Å². The normalized spacial score (nSPS) is 10.2. The molecule has 0 bridgehead atoms. The molecule has 0 saturated carbocycles. The molecule has 2 aromatic rings. The molecular weight excluding hydrogens is 251 g/mol. The number of nitrogens with two attached hydrogens (primary N) is 1. The Morgan fingerprint density at radius 2 is 2.16 bits per heavy atom. The van der Waals surface area contributed by atoms with E-state index in [9.17, 15) is 9.18 Å². The Labute approximate surface area is 108 Å². The van der Waals surface area contributed by atoms with Crippen LogP contribution in [-0.2, 0) is 0 Å². The maximum absolute atomic E-state index is 13.7. The van der Waals surface area contributed by atoms with Crippen molar-refractivity contribution in [2.45, 2.75) is 0 Å². The summed E-state index contributed by atoms with van der Waals surface area (Å²) >= 11 is 0. The molecule has 0 atom stereocenters. The van der Waals surface area contributed by atoms with E-state index in [-0.39, 0.29) is 17.1 Å². The van der Waals surface area contributed by atoms with E-state index in [4.69, 9.17) is 15.6 Å². The standard InChI is InChI=1S/C13H11FN2O3/c1-19-10-3-2-7(6-9(10)14)8-4-5-16-12(15)11(8)13(17)18/h2-6H,1H3,(H2,15,16)(H,17,18). The number of ether oxygens (including phenoxy) is 1. The topological polar surface area (TPSA) is 85.4 Å². The third-order valence-corrected chi connectivity index (χ3v) is 2.66. The number of benzene rings is 1. The Morgan fingerprint density at radius 3 is 2.74 bits per heavy atom. The van der Waals surface area contributed by atoms with Crippen molar-refractivity contribution in [2.75, 3.05) is 12.8 Å². The van der Waals surface area contributed by atoms with Gasteiger partial charge in [-0.25, -0.2) is 14.2 Å². The number of carboxylic acids is 1. The fraction of sp³-hybridized carbons (Fsp3) is 0.0769. The number of aromatic carboxylic acids is 1. The number of methoxy groups -OCH3 is 1. The highest BCUT2D eigenvalue weighted by atomic mass is 19.1. The molecule has 19 heavy (non-hydrogen) atoms. The van der Waals surface area contributed by atoms with Gasteiger partial charge in [0.05, 0.1) is 7.11 Å². The molecule has 0 amide bonds. The van der Waals surface area contributed by atoms with Gasteiger partial charge in [0.25, 0.3) is 0 Å². The van der Waals surface area contributed by atoms with Crippen LogP contribution >= 0.6 is 0 Å². The average molecular weight is 262 g/mol. The van der Waals surface area contributed by atoms with Gasteiger partial charge in [0, 0.05) is 11.8 Å². The van der Waals surface area contributed by atoms with Gasteiger partial charge in [0.15, 0.2) is 11.6 Å². The lowest BCUT2D eigenvalue weighted by molar-refractivity contribution is 0.0698. The molecule has 6 heteroatoms. The van der Waals surface area contributed by atoms with Crippen LogP contribution in [0.25, 0.3) is 11.1 Å². The van der Waals surface area contributed by atoms with Gasteiger partial charge in [-0.1, -0.05) is 6.07 Å². The first-order valence-corrected chi connectivity index (χ1v) is 5.36. The van der Waals surface area contributed by atoms with Crippen molar-refractivity contribution < 1.29 is 19.0 Å². The van der Waals surface area contributed by atoms with Crippen molar-refractivity contribution >= 4 is 11.8 Å². The van der Waals surface area contributed by atoms with Crippen LogP contribution in [0.2, 0.25) is 0 Å². The molecule has 0 aliphatic rings. The number of halogens is 1. The highest BCUT2D eigenvalue weighted by Gasteiger charge is 2.17. The minimum Gasteiger partial charge on any atom is -0.494 e. The number of anilines is 1. The molecule has 1 heterocycles. The predicted molar refractivity (Wildman–Crippen MR) is 67.6 cm³/mol. The van der Waals surface area contributed by atoms with Crippen molar-refractivity contribution in [1.29, 1.82) is 0 Å². The monoisotopic (exact) mass is 262 g/mol. The van der Waals surface area contributed by atoms with Crippen LogP contribution in [-0.4, -0.2) is 23.2 Å².